The molecule has 0 aliphatic carbocycles. The van der Waals surface area contributed by atoms with Gasteiger partial charge in [0, 0.05) is 13.1 Å². The van der Waals surface area contributed by atoms with E-state index in [0.717, 1.165) is 57.8 Å². The molecule has 0 bridgehead atoms. The third-order valence-electron chi connectivity index (χ3n) is 5.77. The maximum Gasteiger partial charge on any atom is 0.225 e. The van der Waals surface area contributed by atoms with Crippen LogP contribution >= 0.6 is 11.3 Å². The number of aromatic nitrogens is 3. The number of carbonyl (C=O) groups excluding carboxylic acids is 1. The zero-order valence-corrected chi connectivity index (χ0v) is 18.9. The van der Waals surface area contributed by atoms with E-state index in [1.54, 1.807) is 24.7 Å². The number of rotatable bonds is 6. The number of nitrogens with zero attached hydrogens (tertiary/aromatic N) is 4. The Hall–Kier alpha value is -3.33. The lowest BCUT2D eigenvalue weighted by Crippen LogP contribution is -2.42. The largest absolute Gasteiger partial charge is 0.497 e. The number of piperidine rings is 1. The highest BCUT2D eigenvalue weighted by Crippen LogP contribution is 2.34. The average Bonchev–Trinajstić information content (AvgIpc) is 3.56. The minimum absolute atomic E-state index is 0.0628. The first-order chi connectivity index (χ1) is 15.6. The van der Waals surface area contributed by atoms with Crippen LogP contribution in [0.4, 0.5) is 5.13 Å². The molecule has 0 unspecified atom stereocenters. The maximum atomic E-state index is 12.7. The van der Waals surface area contributed by atoms with E-state index in [0.29, 0.717) is 13.1 Å². The van der Waals surface area contributed by atoms with E-state index in [1.165, 1.54) is 0 Å². The molecule has 1 aliphatic rings. The minimum Gasteiger partial charge on any atom is -0.497 e. The third kappa shape index (κ3) is 3.95. The predicted molar refractivity (Wildman–Crippen MR) is 124 cm³/mol. The molecule has 1 atom stereocenters. The van der Waals surface area contributed by atoms with E-state index in [-0.39, 0.29) is 11.8 Å². The van der Waals surface area contributed by atoms with Crippen LogP contribution in [-0.2, 0) is 11.3 Å². The Morgan fingerprint density at radius 1 is 1.31 bits per heavy atom. The fourth-order valence-electron chi connectivity index (χ4n) is 4.06. The monoisotopic (exact) mass is 451 g/mol. The number of nitrogens with one attached hydrogen (secondary N) is 1. The quantitative estimate of drug-likeness (QED) is 0.478. The van der Waals surface area contributed by atoms with E-state index in [4.69, 9.17) is 14.1 Å². The fraction of sp³-hybridized carbons (Fsp3) is 0.348. The normalized spacial score (nSPS) is 16.4. The van der Waals surface area contributed by atoms with Crippen molar-refractivity contribution in [2.24, 2.45) is 5.92 Å². The van der Waals surface area contributed by atoms with Gasteiger partial charge in [0.25, 0.3) is 0 Å². The van der Waals surface area contributed by atoms with Crippen molar-refractivity contribution in [1.82, 2.24) is 20.1 Å². The average molecular weight is 452 g/mol. The zero-order chi connectivity index (χ0) is 22.1. The molecule has 1 aliphatic heterocycles. The molecule has 4 aromatic rings. The number of thiazole rings is 1. The second-order valence-electron chi connectivity index (χ2n) is 7.93. The van der Waals surface area contributed by atoms with Gasteiger partial charge in [-0.3, -0.25) is 4.79 Å². The lowest BCUT2D eigenvalue weighted by atomic mass is 9.97. The molecule has 1 saturated heterocycles. The molecule has 1 N–H and O–H groups in total. The molecule has 0 spiro atoms. The predicted octanol–water partition coefficient (Wildman–Crippen LogP) is 3.92. The standard InChI is InChI=1S/C23H25N5O3S/c1-15-20-21(28(26-15)17-7-9-18(30-2)10-8-17)25-23(32-20)27-11-3-5-16(14-27)22(29)24-13-19-6-4-12-31-19/h4,6-10,12,16H,3,5,11,13-14H2,1-2H3,(H,24,29)/t16-/m0/s1. The highest BCUT2D eigenvalue weighted by molar-refractivity contribution is 7.22. The summed E-state index contributed by atoms with van der Waals surface area (Å²) in [5, 5.41) is 8.62. The molecule has 5 rings (SSSR count). The summed E-state index contributed by atoms with van der Waals surface area (Å²) in [5.41, 5.74) is 2.73. The third-order valence-corrected chi connectivity index (χ3v) is 6.99. The molecular weight excluding hydrogens is 426 g/mol. The number of ether oxygens (including phenoxy) is 1. The molecular formula is C23H25N5O3S. The molecule has 166 valence electrons. The summed E-state index contributed by atoms with van der Waals surface area (Å²) in [6, 6.07) is 11.5. The van der Waals surface area contributed by atoms with Crippen LogP contribution in [0.1, 0.15) is 24.3 Å². The highest BCUT2D eigenvalue weighted by atomic mass is 32.1. The van der Waals surface area contributed by atoms with Crippen LogP contribution in [-0.4, -0.2) is 40.9 Å². The summed E-state index contributed by atoms with van der Waals surface area (Å²) < 4.78 is 13.5. The van der Waals surface area contributed by atoms with Crippen LogP contribution in [0.25, 0.3) is 16.0 Å². The van der Waals surface area contributed by atoms with Crippen molar-refractivity contribution in [2.75, 3.05) is 25.1 Å². The van der Waals surface area contributed by atoms with Crippen LogP contribution in [0.3, 0.4) is 0 Å². The van der Waals surface area contributed by atoms with Crippen molar-refractivity contribution in [2.45, 2.75) is 26.3 Å². The highest BCUT2D eigenvalue weighted by Gasteiger charge is 2.28. The van der Waals surface area contributed by atoms with E-state index in [1.807, 2.05) is 48.0 Å². The molecule has 0 saturated carbocycles. The van der Waals surface area contributed by atoms with Gasteiger partial charge in [0.05, 0.1) is 41.9 Å². The number of fused-ring (bicyclic) bond motifs is 1. The number of aryl methyl sites for hydroxylation is 1. The molecule has 1 fully saturated rings. The second-order valence-corrected chi connectivity index (χ2v) is 8.90. The number of hydrogen-bond donors (Lipinski definition) is 1. The summed E-state index contributed by atoms with van der Waals surface area (Å²) in [4.78, 5) is 19.9. The lowest BCUT2D eigenvalue weighted by molar-refractivity contribution is -0.125. The topological polar surface area (TPSA) is 85.4 Å². The van der Waals surface area contributed by atoms with Crippen molar-refractivity contribution in [1.29, 1.82) is 0 Å². The fourth-order valence-corrected chi connectivity index (χ4v) is 5.08. The Morgan fingerprint density at radius 3 is 2.91 bits per heavy atom. The number of anilines is 1. The number of hydrogen-bond acceptors (Lipinski definition) is 7. The van der Waals surface area contributed by atoms with Gasteiger partial charge in [-0.25, -0.2) is 4.68 Å². The van der Waals surface area contributed by atoms with Gasteiger partial charge in [-0.2, -0.15) is 10.1 Å². The van der Waals surface area contributed by atoms with Gasteiger partial charge in [-0.05, 0) is 56.2 Å². The van der Waals surface area contributed by atoms with E-state index >= 15 is 0 Å². The van der Waals surface area contributed by atoms with Crippen molar-refractivity contribution in [3.8, 4) is 11.4 Å². The number of carbonyl (C=O) groups is 1. The van der Waals surface area contributed by atoms with Crippen molar-refractivity contribution < 1.29 is 13.9 Å². The first-order valence-corrected chi connectivity index (χ1v) is 11.5. The van der Waals surface area contributed by atoms with Crippen molar-refractivity contribution >= 4 is 32.7 Å². The van der Waals surface area contributed by atoms with Gasteiger partial charge < -0.3 is 19.4 Å². The van der Waals surface area contributed by atoms with Gasteiger partial charge >= 0.3 is 0 Å². The van der Waals surface area contributed by atoms with E-state index in [2.05, 4.69) is 15.3 Å². The van der Waals surface area contributed by atoms with Gasteiger partial charge in [0.15, 0.2) is 10.8 Å². The SMILES string of the molecule is COc1ccc(-n2nc(C)c3sc(N4CCC[C@H](C(=O)NCc5ccco5)C4)nc32)cc1. The van der Waals surface area contributed by atoms with Crippen molar-refractivity contribution in [3.63, 3.8) is 0 Å². The first kappa shape index (κ1) is 20.6. The van der Waals surface area contributed by atoms with Crippen molar-refractivity contribution in [3.05, 3.63) is 54.1 Å². The van der Waals surface area contributed by atoms with E-state index < -0.39 is 0 Å². The number of benzene rings is 1. The Labute approximate surface area is 189 Å². The Balaban J connectivity index is 1.34. The Bertz CT molecular complexity index is 1210. The van der Waals surface area contributed by atoms with Crippen LogP contribution in [0.5, 0.6) is 5.75 Å². The molecule has 32 heavy (non-hydrogen) atoms. The molecule has 1 amide bonds. The molecule has 1 aromatic carbocycles. The lowest BCUT2D eigenvalue weighted by Gasteiger charge is -2.31. The smallest absolute Gasteiger partial charge is 0.225 e. The summed E-state index contributed by atoms with van der Waals surface area (Å²) in [7, 11) is 1.65. The number of methoxy groups -OCH3 is 1. The van der Waals surface area contributed by atoms with Crippen LogP contribution in [0.15, 0.2) is 47.1 Å². The van der Waals surface area contributed by atoms with Crippen LogP contribution < -0.4 is 15.0 Å². The number of furan rings is 1. The summed E-state index contributed by atoms with van der Waals surface area (Å²) in [6.07, 6.45) is 3.45. The Kier molecular flexibility index (Phi) is 5.57. The molecule has 8 nitrogen and oxygen atoms in total. The summed E-state index contributed by atoms with van der Waals surface area (Å²) in [6.45, 7) is 3.98. The zero-order valence-electron chi connectivity index (χ0n) is 18.1. The van der Waals surface area contributed by atoms with Crippen LogP contribution in [0, 0.1) is 12.8 Å². The summed E-state index contributed by atoms with van der Waals surface area (Å²) in [5.74, 6) is 1.56. The first-order valence-electron chi connectivity index (χ1n) is 10.7. The van der Waals surface area contributed by atoms with Gasteiger partial charge in [0.2, 0.25) is 5.91 Å². The van der Waals surface area contributed by atoms with E-state index in [9.17, 15) is 4.79 Å². The minimum atomic E-state index is -0.0649. The molecule has 9 heteroatoms. The maximum absolute atomic E-state index is 12.7. The van der Waals surface area contributed by atoms with Gasteiger partial charge in [-0.15, -0.1) is 0 Å². The van der Waals surface area contributed by atoms with Crippen LogP contribution in [0.2, 0.25) is 0 Å². The Morgan fingerprint density at radius 2 is 2.16 bits per heavy atom. The molecule has 4 heterocycles. The molecule has 0 radical (unpaired) electrons. The van der Waals surface area contributed by atoms with Gasteiger partial charge in [-0.1, -0.05) is 11.3 Å². The van der Waals surface area contributed by atoms with Gasteiger partial charge in [0.1, 0.15) is 11.5 Å². The molecule has 3 aromatic heterocycles. The summed E-state index contributed by atoms with van der Waals surface area (Å²) >= 11 is 1.64. The second kappa shape index (κ2) is 8.66. The number of amides is 1.